The van der Waals surface area contributed by atoms with Gasteiger partial charge in [0.2, 0.25) is 0 Å². The van der Waals surface area contributed by atoms with Gasteiger partial charge in [0.25, 0.3) is 23.6 Å². The van der Waals surface area contributed by atoms with Gasteiger partial charge in [0, 0.05) is 39.6 Å². The fourth-order valence-corrected chi connectivity index (χ4v) is 8.04. The van der Waals surface area contributed by atoms with Gasteiger partial charge < -0.3 is 0 Å². The summed E-state index contributed by atoms with van der Waals surface area (Å²) in [5, 5.41) is 6.47. The lowest BCUT2D eigenvalue weighted by molar-refractivity contribution is 0.0563. The minimum atomic E-state index is -0.624. The van der Waals surface area contributed by atoms with Crippen molar-refractivity contribution in [1.82, 2.24) is 9.80 Å². The molecule has 260 valence electrons. The first-order chi connectivity index (χ1) is 25.1. The Morgan fingerprint density at radius 1 is 0.577 bits per heavy atom. The van der Waals surface area contributed by atoms with E-state index in [9.17, 15) is 19.2 Å². The molecule has 0 N–H and O–H groups in total. The molecule has 0 saturated carbocycles. The predicted octanol–water partition coefficient (Wildman–Crippen LogP) is 9.51. The van der Waals surface area contributed by atoms with E-state index in [2.05, 4.69) is 63.2 Å². The lowest BCUT2D eigenvalue weighted by Crippen LogP contribution is -2.46. The standard InChI is InChI=1S/C46H42N2O4/c1-6-8-10-12-14-17-29(18-15-13-11-9-7-2)48-44(51)36-25-21-32-30-19-23-34-40-35(43(50)47(42(34)49)28-16-27-46(3,4)5)24-20-31(38(30)40)33-22-26-37(45(48)52)41(36)39(32)33/h19-26,29H,6,8,10,12,14,16-17,27-28H2,1-5H3. The van der Waals surface area contributed by atoms with Gasteiger partial charge in [0.1, 0.15) is 6.04 Å². The van der Waals surface area contributed by atoms with E-state index < -0.39 is 6.04 Å². The summed E-state index contributed by atoms with van der Waals surface area (Å²) in [7, 11) is 0. The molecule has 5 aromatic carbocycles. The van der Waals surface area contributed by atoms with Crippen molar-refractivity contribution < 1.29 is 19.2 Å². The first-order valence-electron chi connectivity index (χ1n) is 18.4. The molecule has 0 radical (unpaired) electrons. The molecule has 1 atom stereocenters. The van der Waals surface area contributed by atoms with Crippen molar-refractivity contribution in [1.29, 1.82) is 0 Å². The molecule has 2 aliphatic heterocycles. The monoisotopic (exact) mass is 686 g/mol. The second-order valence-electron chi connectivity index (χ2n) is 15.2. The van der Waals surface area contributed by atoms with Crippen LogP contribution in [0, 0.1) is 40.9 Å². The van der Waals surface area contributed by atoms with Crippen LogP contribution in [0.1, 0.15) is 127 Å². The van der Waals surface area contributed by atoms with Gasteiger partial charge in [-0.2, -0.15) is 0 Å². The first-order valence-corrected chi connectivity index (χ1v) is 18.4. The highest BCUT2D eigenvalue weighted by Gasteiger charge is 2.39. The fourth-order valence-electron chi connectivity index (χ4n) is 8.04. The van der Waals surface area contributed by atoms with Crippen molar-refractivity contribution in [3.05, 3.63) is 70.8 Å². The molecule has 0 bridgehead atoms. The summed E-state index contributed by atoms with van der Waals surface area (Å²) in [4.78, 5) is 59.1. The zero-order chi connectivity index (χ0) is 36.7. The highest BCUT2D eigenvalue weighted by Crippen LogP contribution is 2.46. The number of carbonyl (C=O) groups is 4. The molecule has 5 aromatic rings. The number of hydrogen-bond acceptors (Lipinski definition) is 4. The molecule has 0 saturated heterocycles. The van der Waals surface area contributed by atoms with Gasteiger partial charge in [-0.05, 0) is 112 Å². The van der Waals surface area contributed by atoms with Gasteiger partial charge in [-0.3, -0.25) is 29.0 Å². The highest BCUT2D eigenvalue weighted by molar-refractivity contribution is 6.41. The van der Waals surface area contributed by atoms with Crippen LogP contribution >= 0.6 is 0 Å². The number of imide groups is 2. The molecule has 0 aromatic heterocycles. The number of fused-ring (bicyclic) bond motifs is 2. The Bertz CT molecular complexity index is 2400. The predicted molar refractivity (Wildman–Crippen MR) is 208 cm³/mol. The Balaban J connectivity index is 1.33. The summed E-state index contributed by atoms with van der Waals surface area (Å²) in [6.07, 6.45) is 7.38. The Hall–Kier alpha value is -5.64. The number of nitrogens with zero attached hydrogens (tertiary/aromatic N) is 2. The largest absolute Gasteiger partial charge is 0.274 e. The number of hydrogen-bond donors (Lipinski definition) is 0. The Morgan fingerprint density at radius 3 is 1.54 bits per heavy atom. The van der Waals surface area contributed by atoms with Crippen LogP contribution in [0.4, 0.5) is 0 Å². The number of rotatable bonds is 10. The van der Waals surface area contributed by atoms with Crippen molar-refractivity contribution in [2.45, 2.75) is 92.0 Å². The quantitative estimate of drug-likeness (QED) is 0.0482. The molecule has 0 spiro atoms. The van der Waals surface area contributed by atoms with E-state index in [4.69, 9.17) is 0 Å². The van der Waals surface area contributed by atoms with Crippen molar-refractivity contribution in [2.24, 2.45) is 5.41 Å². The smallest absolute Gasteiger partial charge is 0.262 e. The van der Waals surface area contributed by atoms with Crippen molar-refractivity contribution in [2.75, 3.05) is 6.54 Å². The summed E-state index contributed by atoms with van der Waals surface area (Å²) >= 11 is 0. The first kappa shape index (κ1) is 34.8. The van der Waals surface area contributed by atoms with Crippen LogP contribution < -0.4 is 0 Å². The zero-order valence-corrected chi connectivity index (χ0v) is 30.6. The number of unbranched alkanes of at least 4 members (excludes halogenated alkanes) is 4. The van der Waals surface area contributed by atoms with Gasteiger partial charge in [-0.25, -0.2) is 0 Å². The lowest BCUT2D eigenvalue weighted by atomic mass is 9.82. The van der Waals surface area contributed by atoms with E-state index in [-0.39, 0.29) is 29.0 Å². The third-order valence-electron chi connectivity index (χ3n) is 10.5. The van der Waals surface area contributed by atoms with Crippen LogP contribution in [0.15, 0.2) is 48.5 Å². The van der Waals surface area contributed by atoms with Crippen LogP contribution in [0.2, 0.25) is 0 Å². The van der Waals surface area contributed by atoms with Gasteiger partial charge in [-0.1, -0.05) is 95.9 Å². The Labute approximate surface area is 305 Å². The number of amides is 4. The minimum absolute atomic E-state index is 0.103. The Morgan fingerprint density at radius 2 is 1.06 bits per heavy atom. The second-order valence-corrected chi connectivity index (χ2v) is 15.2. The molecule has 6 heteroatoms. The molecule has 6 nitrogen and oxygen atoms in total. The van der Waals surface area contributed by atoms with E-state index >= 15 is 0 Å². The molecule has 1 unspecified atom stereocenters. The number of carbonyl (C=O) groups excluding carboxylic acids is 4. The molecule has 7 rings (SSSR count). The van der Waals surface area contributed by atoms with Crippen molar-refractivity contribution >= 4 is 66.7 Å². The van der Waals surface area contributed by atoms with Crippen LogP contribution in [0.5, 0.6) is 0 Å². The molecule has 52 heavy (non-hydrogen) atoms. The topological polar surface area (TPSA) is 74.8 Å². The molecule has 0 fully saturated rings. The van der Waals surface area contributed by atoms with E-state index in [0.717, 1.165) is 77.3 Å². The molecular formula is C46H42N2O4. The average Bonchev–Trinajstić information content (AvgIpc) is 3.12. The van der Waals surface area contributed by atoms with Gasteiger partial charge >= 0.3 is 0 Å². The molecular weight excluding hydrogens is 645 g/mol. The van der Waals surface area contributed by atoms with Crippen LogP contribution in [-0.4, -0.2) is 46.0 Å². The molecule has 4 amide bonds. The third kappa shape index (κ3) is 5.85. The van der Waals surface area contributed by atoms with Crippen LogP contribution in [-0.2, 0) is 0 Å². The summed E-state index contributed by atoms with van der Waals surface area (Å²) in [6, 6.07) is 14.4. The Kier molecular flexibility index (Phi) is 9.25. The average molecular weight is 687 g/mol. The van der Waals surface area contributed by atoms with Crippen LogP contribution in [0.3, 0.4) is 0 Å². The van der Waals surface area contributed by atoms with Gasteiger partial charge in [-0.15, -0.1) is 0 Å². The maximum absolute atomic E-state index is 14.4. The maximum atomic E-state index is 14.4. The van der Waals surface area contributed by atoms with E-state index in [1.165, 1.54) is 9.80 Å². The van der Waals surface area contributed by atoms with E-state index in [1.807, 2.05) is 48.5 Å². The lowest BCUT2D eigenvalue weighted by Gasteiger charge is -2.32. The minimum Gasteiger partial charge on any atom is -0.274 e. The van der Waals surface area contributed by atoms with Crippen LogP contribution in [0.25, 0.3) is 43.1 Å². The summed E-state index contributed by atoms with van der Waals surface area (Å²) in [5.74, 6) is 15.5. The van der Waals surface area contributed by atoms with Crippen molar-refractivity contribution in [3.8, 4) is 35.5 Å². The SMILES string of the molecule is CC#CC#CC#CC(CCCCCCC)N1C(=O)c2ccc3c4ccc5c6c(ccc(c7ccc(c2c37)C1=O)c64)C(=O)N(CCCC(C)(C)C)C5=O. The number of benzene rings is 5. The van der Waals surface area contributed by atoms with Gasteiger partial charge in [0.15, 0.2) is 0 Å². The normalized spacial score (nSPS) is 14.5. The van der Waals surface area contributed by atoms with Gasteiger partial charge in [0.05, 0.1) is 0 Å². The van der Waals surface area contributed by atoms with Crippen molar-refractivity contribution in [3.63, 3.8) is 0 Å². The summed E-state index contributed by atoms with van der Waals surface area (Å²) in [5.41, 5.74) is 2.07. The molecule has 2 aliphatic rings. The van der Waals surface area contributed by atoms with E-state index in [1.54, 1.807) is 6.92 Å². The fraction of sp³-hybridized carbons (Fsp3) is 0.348. The zero-order valence-electron chi connectivity index (χ0n) is 30.6. The molecule has 2 heterocycles. The highest BCUT2D eigenvalue weighted by atomic mass is 16.2. The summed E-state index contributed by atoms with van der Waals surface area (Å²) in [6.45, 7) is 10.7. The van der Waals surface area contributed by atoms with E-state index in [0.29, 0.717) is 46.0 Å². The second kappa shape index (κ2) is 13.8. The maximum Gasteiger partial charge on any atom is 0.262 e. The third-order valence-corrected chi connectivity index (χ3v) is 10.5. The molecule has 0 aliphatic carbocycles. The summed E-state index contributed by atoms with van der Waals surface area (Å²) < 4.78 is 0.